The second-order valence-corrected chi connectivity index (χ2v) is 8.73. The number of carboxylic acid groups (broad SMARTS) is 1. The molecule has 0 spiro atoms. The van der Waals surface area contributed by atoms with Crippen LogP contribution in [0.5, 0.6) is 0 Å². The van der Waals surface area contributed by atoms with Crippen molar-refractivity contribution in [2.75, 3.05) is 36.5 Å². The molecule has 1 atom stereocenters. The predicted molar refractivity (Wildman–Crippen MR) is 123 cm³/mol. The first-order valence-corrected chi connectivity index (χ1v) is 11.1. The summed E-state index contributed by atoms with van der Waals surface area (Å²) in [4.78, 5) is 54.8. The number of anilines is 2. The lowest BCUT2D eigenvalue weighted by atomic mass is 10.0. The van der Waals surface area contributed by atoms with Crippen molar-refractivity contribution >= 4 is 46.9 Å². The summed E-state index contributed by atoms with van der Waals surface area (Å²) in [5.74, 6) is -4.18. The van der Waals surface area contributed by atoms with Gasteiger partial charge in [-0.2, -0.15) is 13.2 Å². The molecule has 5 amide bonds. The van der Waals surface area contributed by atoms with Crippen LogP contribution in [-0.4, -0.2) is 65.5 Å². The van der Waals surface area contributed by atoms with Crippen molar-refractivity contribution in [1.82, 2.24) is 9.80 Å². The molecule has 0 bridgehead atoms. The topological polar surface area (TPSA) is 101 Å². The van der Waals surface area contributed by atoms with Crippen LogP contribution in [0.3, 0.4) is 0 Å². The van der Waals surface area contributed by atoms with Gasteiger partial charge < -0.3 is 10.0 Å². The van der Waals surface area contributed by atoms with E-state index in [0.29, 0.717) is 23.7 Å². The molecular formula is C23H20ClF3N4O5. The Morgan fingerprint density at radius 3 is 2.14 bits per heavy atom. The average molecular weight is 525 g/mol. The third-order valence-electron chi connectivity index (χ3n) is 6.09. The molecule has 1 N–H and O–H groups in total. The van der Waals surface area contributed by atoms with Crippen LogP contribution in [0.25, 0.3) is 0 Å². The Hall–Kier alpha value is -3.80. The standard InChI is InChI=1S/C23H20ClF3N4O5/c1-28-9-10-29(21(28)35)14-5-7-15(8-6-14)30-12-16(20(33)34)19(32)31(22(30)36)11-13-3-2-4-17(18(13)24)23(25,26)27/h2-8,16H,9-12H2,1H3,(H,33,34). The Labute approximate surface area is 208 Å². The molecule has 2 aromatic carbocycles. The summed E-state index contributed by atoms with van der Waals surface area (Å²) < 4.78 is 39.8. The van der Waals surface area contributed by atoms with Crippen LogP contribution in [0, 0.1) is 5.92 Å². The van der Waals surface area contributed by atoms with Gasteiger partial charge >= 0.3 is 24.2 Å². The van der Waals surface area contributed by atoms with Crippen LogP contribution in [-0.2, 0) is 22.3 Å². The van der Waals surface area contributed by atoms with Crippen LogP contribution < -0.4 is 9.80 Å². The van der Waals surface area contributed by atoms with Crippen LogP contribution in [0.2, 0.25) is 5.02 Å². The maximum absolute atomic E-state index is 13.3. The Balaban J connectivity index is 1.64. The highest BCUT2D eigenvalue weighted by Gasteiger charge is 2.44. The Kier molecular flexibility index (Phi) is 6.56. The van der Waals surface area contributed by atoms with Crippen molar-refractivity contribution in [2.24, 2.45) is 5.92 Å². The summed E-state index contributed by atoms with van der Waals surface area (Å²) in [5, 5.41) is 8.90. The molecule has 0 saturated carbocycles. The molecule has 2 aliphatic rings. The first-order chi connectivity index (χ1) is 16.9. The molecule has 9 nitrogen and oxygen atoms in total. The molecule has 1 unspecified atom stereocenters. The van der Waals surface area contributed by atoms with Gasteiger partial charge in [0.1, 0.15) is 0 Å². The van der Waals surface area contributed by atoms with Gasteiger partial charge in [0.25, 0.3) is 0 Å². The summed E-state index contributed by atoms with van der Waals surface area (Å²) in [6.07, 6.45) is -4.76. The van der Waals surface area contributed by atoms with Crippen molar-refractivity contribution in [3.63, 3.8) is 0 Å². The fraction of sp³-hybridized carbons (Fsp3) is 0.304. The second kappa shape index (κ2) is 9.34. The molecule has 190 valence electrons. The Morgan fingerprint density at radius 2 is 1.61 bits per heavy atom. The maximum atomic E-state index is 13.3. The molecule has 2 heterocycles. The normalized spacial score (nSPS) is 18.9. The monoisotopic (exact) mass is 524 g/mol. The lowest BCUT2D eigenvalue weighted by molar-refractivity contribution is -0.150. The number of halogens is 4. The zero-order chi connectivity index (χ0) is 26.4. The number of carboxylic acids is 1. The second-order valence-electron chi connectivity index (χ2n) is 8.36. The largest absolute Gasteiger partial charge is 0.481 e. The number of aliphatic carboxylic acids is 1. The summed E-state index contributed by atoms with van der Waals surface area (Å²) in [6, 6.07) is 8.15. The summed E-state index contributed by atoms with van der Waals surface area (Å²) in [6.45, 7) is -0.100. The van der Waals surface area contributed by atoms with Gasteiger partial charge in [0, 0.05) is 38.1 Å². The molecule has 0 aromatic heterocycles. The van der Waals surface area contributed by atoms with E-state index in [4.69, 9.17) is 11.6 Å². The SMILES string of the molecule is CN1CCN(c2ccc(N3CC(C(=O)O)C(=O)N(Cc4cccc(C(F)(F)F)c4Cl)C3=O)cc2)C1=O. The smallest absolute Gasteiger partial charge is 0.417 e. The van der Waals surface area contributed by atoms with E-state index in [1.54, 1.807) is 24.1 Å². The average Bonchev–Trinajstić information content (AvgIpc) is 3.15. The first kappa shape index (κ1) is 25.3. The molecule has 4 rings (SSSR count). The number of rotatable bonds is 5. The molecule has 36 heavy (non-hydrogen) atoms. The number of alkyl halides is 3. The van der Waals surface area contributed by atoms with Crippen molar-refractivity contribution in [3.05, 3.63) is 58.6 Å². The number of benzene rings is 2. The van der Waals surface area contributed by atoms with Gasteiger partial charge in [-0.3, -0.25) is 24.3 Å². The third kappa shape index (κ3) is 4.55. The summed E-state index contributed by atoms with van der Waals surface area (Å²) in [5.41, 5.74) is -0.479. The Bertz CT molecular complexity index is 1240. The van der Waals surface area contributed by atoms with E-state index in [9.17, 15) is 37.5 Å². The van der Waals surface area contributed by atoms with Crippen molar-refractivity contribution < 1.29 is 37.5 Å². The zero-order valence-electron chi connectivity index (χ0n) is 18.8. The van der Waals surface area contributed by atoms with Crippen molar-refractivity contribution in [2.45, 2.75) is 12.7 Å². The van der Waals surface area contributed by atoms with E-state index in [-0.39, 0.29) is 17.3 Å². The minimum Gasteiger partial charge on any atom is -0.481 e. The van der Waals surface area contributed by atoms with Gasteiger partial charge in [-0.05, 0) is 35.9 Å². The van der Waals surface area contributed by atoms with Crippen LogP contribution in [0.1, 0.15) is 11.1 Å². The maximum Gasteiger partial charge on any atom is 0.417 e. The summed E-state index contributed by atoms with van der Waals surface area (Å²) >= 11 is 5.93. The lowest BCUT2D eigenvalue weighted by Crippen LogP contribution is -2.58. The number of nitrogens with zero attached hydrogens (tertiary/aromatic N) is 4. The van der Waals surface area contributed by atoms with Gasteiger partial charge in [0.15, 0.2) is 5.92 Å². The quantitative estimate of drug-likeness (QED) is 0.598. The molecule has 2 aliphatic heterocycles. The van der Waals surface area contributed by atoms with E-state index in [1.807, 2.05) is 0 Å². The number of amides is 5. The van der Waals surface area contributed by atoms with Gasteiger partial charge in [-0.1, -0.05) is 23.7 Å². The number of imide groups is 1. The number of likely N-dealkylation sites (N-methyl/N-ethyl adjacent to an activating group) is 1. The number of urea groups is 2. The van der Waals surface area contributed by atoms with Crippen LogP contribution >= 0.6 is 11.6 Å². The van der Waals surface area contributed by atoms with E-state index in [0.717, 1.165) is 17.0 Å². The van der Waals surface area contributed by atoms with Gasteiger partial charge in [-0.15, -0.1) is 0 Å². The minimum atomic E-state index is -4.76. The van der Waals surface area contributed by atoms with E-state index < -0.39 is 53.7 Å². The zero-order valence-corrected chi connectivity index (χ0v) is 19.6. The summed E-state index contributed by atoms with van der Waals surface area (Å²) in [7, 11) is 1.66. The van der Waals surface area contributed by atoms with Gasteiger partial charge in [0.05, 0.1) is 17.1 Å². The van der Waals surface area contributed by atoms with Crippen LogP contribution in [0.4, 0.5) is 34.1 Å². The minimum absolute atomic E-state index is 0.161. The predicted octanol–water partition coefficient (Wildman–Crippen LogP) is 3.90. The molecule has 2 saturated heterocycles. The highest BCUT2D eigenvalue weighted by atomic mass is 35.5. The van der Waals surface area contributed by atoms with Gasteiger partial charge in [-0.25, -0.2) is 9.59 Å². The first-order valence-electron chi connectivity index (χ1n) is 10.7. The van der Waals surface area contributed by atoms with Gasteiger partial charge in [0.2, 0.25) is 5.91 Å². The van der Waals surface area contributed by atoms with E-state index in [1.165, 1.54) is 23.1 Å². The number of carbonyl (C=O) groups is 4. The molecule has 0 radical (unpaired) electrons. The lowest BCUT2D eigenvalue weighted by Gasteiger charge is -2.37. The molecule has 2 aromatic rings. The molecular weight excluding hydrogens is 505 g/mol. The van der Waals surface area contributed by atoms with E-state index >= 15 is 0 Å². The fourth-order valence-electron chi connectivity index (χ4n) is 4.10. The highest BCUT2D eigenvalue weighted by molar-refractivity contribution is 6.32. The Morgan fingerprint density at radius 1 is 1.00 bits per heavy atom. The van der Waals surface area contributed by atoms with Crippen LogP contribution in [0.15, 0.2) is 42.5 Å². The number of carbonyl (C=O) groups excluding carboxylic acids is 3. The van der Waals surface area contributed by atoms with Crippen molar-refractivity contribution in [3.8, 4) is 0 Å². The highest BCUT2D eigenvalue weighted by Crippen LogP contribution is 2.37. The number of hydrogen-bond acceptors (Lipinski definition) is 4. The number of hydrogen-bond donors (Lipinski definition) is 1. The van der Waals surface area contributed by atoms with E-state index in [2.05, 4.69) is 0 Å². The molecule has 0 aliphatic carbocycles. The fourth-order valence-corrected chi connectivity index (χ4v) is 4.40. The molecule has 2 fully saturated rings. The third-order valence-corrected chi connectivity index (χ3v) is 6.54. The van der Waals surface area contributed by atoms with Crippen molar-refractivity contribution in [1.29, 1.82) is 0 Å². The molecule has 13 heteroatoms.